The third kappa shape index (κ3) is 2.54. The maximum absolute atomic E-state index is 12.9. The molecule has 104 valence electrons. The minimum atomic E-state index is -0.195. The van der Waals surface area contributed by atoms with Crippen molar-refractivity contribution < 1.29 is 9.90 Å². The molecular weight excluding hydrogens is 228 g/mol. The Balaban J connectivity index is 2.11. The van der Waals surface area contributed by atoms with Gasteiger partial charge in [0.1, 0.15) is 0 Å². The molecule has 0 spiro atoms. The maximum Gasteiger partial charge on any atom is 0.230 e. The van der Waals surface area contributed by atoms with Gasteiger partial charge in [0.2, 0.25) is 5.91 Å². The highest BCUT2D eigenvalue weighted by Gasteiger charge is 2.44. The summed E-state index contributed by atoms with van der Waals surface area (Å²) in [4.78, 5) is 14.8. The van der Waals surface area contributed by atoms with Crippen LogP contribution >= 0.6 is 0 Å². The third-order valence-corrected chi connectivity index (χ3v) is 4.52. The molecule has 0 radical (unpaired) electrons. The van der Waals surface area contributed by atoms with Crippen LogP contribution in [0.2, 0.25) is 0 Å². The van der Waals surface area contributed by atoms with Gasteiger partial charge in [0.25, 0.3) is 0 Å². The van der Waals surface area contributed by atoms with Crippen LogP contribution in [0.15, 0.2) is 0 Å². The first kappa shape index (κ1) is 13.8. The highest BCUT2D eigenvalue weighted by molar-refractivity contribution is 5.83. The summed E-state index contributed by atoms with van der Waals surface area (Å²) in [6, 6.07) is 0.0561. The number of hydrogen-bond acceptors (Lipinski definition) is 3. The Morgan fingerprint density at radius 2 is 2.33 bits per heavy atom. The number of carbonyl (C=O) groups excluding carboxylic acids is 1. The number of nitrogens with zero attached hydrogens (tertiary/aromatic N) is 1. The van der Waals surface area contributed by atoms with Crippen LogP contribution in [0.25, 0.3) is 0 Å². The number of aliphatic hydroxyl groups is 1. The number of piperidine rings is 1. The Morgan fingerprint density at radius 1 is 1.50 bits per heavy atom. The van der Waals surface area contributed by atoms with Gasteiger partial charge in [-0.3, -0.25) is 4.79 Å². The average molecular weight is 254 g/mol. The second kappa shape index (κ2) is 6.02. The van der Waals surface area contributed by atoms with Gasteiger partial charge < -0.3 is 15.3 Å². The predicted molar refractivity (Wildman–Crippen MR) is 71.3 cm³/mol. The van der Waals surface area contributed by atoms with Crippen molar-refractivity contribution in [3.63, 3.8) is 0 Å². The van der Waals surface area contributed by atoms with Gasteiger partial charge in [-0.15, -0.1) is 0 Å². The molecule has 2 atom stereocenters. The van der Waals surface area contributed by atoms with Gasteiger partial charge in [-0.25, -0.2) is 0 Å². The first-order valence-corrected chi connectivity index (χ1v) is 7.36. The number of rotatable bonds is 4. The summed E-state index contributed by atoms with van der Waals surface area (Å²) in [7, 11) is 0. The molecule has 0 bridgehead atoms. The molecule has 0 aromatic rings. The van der Waals surface area contributed by atoms with Crippen LogP contribution in [-0.4, -0.2) is 48.2 Å². The van der Waals surface area contributed by atoms with E-state index in [0.29, 0.717) is 0 Å². The molecule has 2 unspecified atom stereocenters. The molecule has 18 heavy (non-hydrogen) atoms. The van der Waals surface area contributed by atoms with E-state index >= 15 is 0 Å². The van der Waals surface area contributed by atoms with Crippen molar-refractivity contribution in [1.29, 1.82) is 0 Å². The summed E-state index contributed by atoms with van der Waals surface area (Å²) in [5.41, 5.74) is -0.195. The number of nitrogens with one attached hydrogen (secondary N) is 1. The zero-order valence-electron chi connectivity index (χ0n) is 11.5. The molecule has 2 heterocycles. The van der Waals surface area contributed by atoms with Crippen molar-refractivity contribution in [3.05, 3.63) is 0 Å². The molecule has 2 aliphatic rings. The minimum absolute atomic E-state index is 0.0561. The van der Waals surface area contributed by atoms with Gasteiger partial charge in [0, 0.05) is 13.1 Å². The van der Waals surface area contributed by atoms with Crippen LogP contribution < -0.4 is 5.32 Å². The molecule has 0 saturated carbocycles. The summed E-state index contributed by atoms with van der Waals surface area (Å²) in [6.45, 7) is 4.85. The Bertz CT molecular complexity index is 288. The molecule has 2 N–H and O–H groups in total. The summed E-state index contributed by atoms with van der Waals surface area (Å²) >= 11 is 0. The van der Waals surface area contributed by atoms with Gasteiger partial charge in [0.15, 0.2) is 0 Å². The number of hydrogen-bond donors (Lipinski definition) is 2. The molecule has 4 heteroatoms. The number of carbonyl (C=O) groups is 1. The van der Waals surface area contributed by atoms with E-state index < -0.39 is 0 Å². The molecule has 2 rings (SSSR count). The zero-order chi connectivity index (χ0) is 13.0. The van der Waals surface area contributed by atoms with E-state index in [-0.39, 0.29) is 24.0 Å². The highest BCUT2D eigenvalue weighted by Crippen LogP contribution is 2.35. The maximum atomic E-state index is 12.9. The lowest BCUT2D eigenvalue weighted by molar-refractivity contribution is -0.146. The van der Waals surface area contributed by atoms with Gasteiger partial charge in [-0.05, 0) is 38.6 Å². The monoisotopic (exact) mass is 254 g/mol. The zero-order valence-corrected chi connectivity index (χ0v) is 11.5. The third-order valence-electron chi connectivity index (χ3n) is 4.52. The summed E-state index contributed by atoms with van der Waals surface area (Å²) in [6.07, 6.45) is 6.14. The lowest BCUT2D eigenvalue weighted by Crippen LogP contribution is -2.52. The van der Waals surface area contributed by atoms with E-state index in [2.05, 4.69) is 12.2 Å². The topological polar surface area (TPSA) is 52.6 Å². The first-order valence-electron chi connectivity index (χ1n) is 7.36. The van der Waals surface area contributed by atoms with Gasteiger partial charge in [-0.1, -0.05) is 13.3 Å². The second-order valence-corrected chi connectivity index (χ2v) is 5.79. The van der Waals surface area contributed by atoms with Crippen molar-refractivity contribution in [1.82, 2.24) is 10.2 Å². The Kier molecular flexibility index (Phi) is 4.62. The number of amides is 1. The fourth-order valence-electron chi connectivity index (χ4n) is 3.49. The van der Waals surface area contributed by atoms with E-state index in [1.54, 1.807) is 0 Å². The fraction of sp³-hybridized carbons (Fsp3) is 0.929. The fourth-order valence-corrected chi connectivity index (χ4v) is 3.49. The van der Waals surface area contributed by atoms with E-state index in [1.807, 2.05) is 4.90 Å². The van der Waals surface area contributed by atoms with Crippen LogP contribution in [-0.2, 0) is 4.79 Å². The Labute approximate surface area is 110 Å². The van der Waals surface area contributed by atoms with Crippen LogP contribution in [0.1, 0.15) is 45.4 Å². The molecule has 2 aliphatic heterocycles. The summed E-state index contributed by atoms with van der Waals surface area (Å²) < 4.78 is 0. The quantitative estimate of drug-likeness (QED) is 0.791. The molecule has 0 aromatic carbocycles. The Hall–Kier alpha value is -0.610. The van der Waals surface area contributed by atoms with Crippen LogP contribution in [0.5, 0.6) is 0 Å². The van der Waals surface area contributed by atoms with Crippen molar-refractivity contribution in [2.24, 2.45) is 5.41 Å². The van der Waals surface area contributed by atoms with Crippen molar-refractivity contribution in [2.75, 3.05) is 26.2 Å². The molecule has 1 amide bonds. The molecule has 0 aliphatic carbocycles. The lowest BCUT2D eigenvalue weighted by Gasteiger charge is -2.40. The SMILES string of the molecule is CCCC1(C(=O)N2CCCCC2CO)CCNC1. The molecule has 2 saturated heterocycles. The van der Waals surface area contributed by atoms with Gasteiger partial charge >= 0.3 is 0 Å². The first-order chi connectivity index (χ1) is 8.73. The van der Waals surface area contributed by atoms with Crippen molar-refractivity contribution in [3.8, 4) is 0 Å². The Morgan fingerprint density at radius 3 is 2.94 bits per heavy atom. The summed E-state index contributed by atoms with van der Waals surface area (Å²) in [5.74, 6) is 0.285. The molecular formula is C14H26N2O2. The minimum Gasteiger partial charge on any atom is -0.394 e. The highest BCUT2D eigenvalue weighted by atomic mass is 16.3. The standard InChI is InChI=1S/C14H26N2O2/c1-2-6-14(7-8-15-11-14)13(18)16-9-4-3-5-12(16)10-17/h12,15,17H,2-11H2,1H3. The predicted octanol–water partition coefficient (Wildman–Crippen LogP) is 1.14. The van der Waals surface area contributed by atoms with Crippen molar-refractivity contribution in [2.45, 2.75) is 51.5 Å². The summed E-state index contributed by atoms with van der Waals surface area (Å²) in [5, 5.41) is 12.8. The van der Waals surface area contributed by atoms with Gasteiger partial charge in [-0.2, -0.15) is 0 Å². The normalized spacial score (nSPS) is 32.8. The van der Waals surface area contributed by atoms with Crippen LogP contribution in [0, 0.1) is 5.41 Å². The van der Waals surface area contributed by atoms with E-state index in [9.17, 15) is 9.90 Å². The van der Waals surface area contributed by atoms with E-state index in [4.69, 9.17) is 0 Å². The average Bonchev–Trinajstić information content (AvgIpc) is 2.88. The van der Waals surface area contributed by atoms with E-state index in [0.717, 1.165) is 58.2 Å². The molecule has 2 fully saturated rings. The largest absolute Gasteiger partial charge is 0.394 e. The van der Waals surface area contributed by atoms with Crippen LogP contribution in [0.4, 0.5) is 0 Å². The second-order valence-electron chi connectivity index (χ2n) is 5.79. The van der Waals surface area contributed by atoms with Crippen molar-refractivity contribution >= 4 is 5.91 Å². The van der Waals surface area contributed by atoms with E-state index in [1.165, 1.54) is 0 Å². The number of likely N-dealkylation sites (tertiary alicyclic amines) is 1. The number of aliphatic hydroxyl groups excluding tert-OH is 1. The van der Waals surface area contributed by atoms with Gasteiger partial charge in [0.05, 0.1) is 18.1 Å². The van der Waals surface area contributed by atoms with Crippen LogP contribution in [0.3, 0.4) is 0 Å². The lowest BCUT2D eigenvalue weighted by atomic mass is 9.80. The smallest absolute Gasteiger partial charge is 0.230 e. The molecule has 4 nitrogen and oxygen atoms in total. The molecule has 0 aromatic heterocycles.